The molecule has 7 aliphatic heterocycles. The highest BCUT2D eigenvalue weighted by Crippen LogP contribution is 2.40. The molecule has 0 aromatic rings. The fraction of sp³-hybridized carbons (Fsp3) is 0.711. The molecule has 30 heteroatoms. The number of terminal acetylenes is 1. The molecular formula is C76H124O30. The Morgan fingerprint density at radius 2 is 0.934 bits per heavy atom. The number of esters is 5. The summed E-state index contributed by atoms with van der Waals surface area (Å²) in [5.41, 5.74) is 2.12. The number of methoxy groups -OCH3 is 5. The van der Waals surface area contributed by atoms with E-state index >= 15 is 0 Å². The number of aliphatic hydroxyl groups excluding tert-OH is 6. The summed E-state index contributed by atoms with van der Waals surface area (Å²) in [5.74, 6) is 0.993. The molecule has 7 heterocycles. The third-order valence-electron chi connectivity index (χ3n) is 16.0. The van der Waals surface area contributed by atoms with Crippen LogP contribution < -0.4 is 0 Å². The third-order valence-corrected chi connectivity index (χ3v) is 16.0. The van der Waals surface area contributed by atoms with Crippen LogP contribution in [0.3, 0.4) is 0 Å². The van der Waals surface area contributed by atoms with E-state index in [1.54, 1.807) is 34.0 Å². The van der Waals surface area contributed by atoms with Crippen molar-refractivity contribution in [3.8, 4) is 12.3 Å². The van der Waals surface area contributed by atoms with Crippen molar-refractivity contribution in [1.29, 1.82) is 0 Å². The first-order valence-electron chi connectivity index (χ1n) is 35.8. The molecule has 0 spiro atoms. The lowest BCUT2D eigenvalue weighted by molar-refractivity contribution is -0.140. The van der Waals surface area contributed by atoms with E-state index in [0.717, 1.165) is 50.4 Å². The highest BCUT2D eigenvalue weighted by molar-refractivity contribution is 5.90. The molecule has 608 valence electrons. The molecule has 7 saturated heterocycles. The Kier molecular flexibility index (Phi) is 55.6. The van der Waals surface area contributed by atoms with Crippen molar-refractivity contribution in [1.82, 2.24) is 0 Å². The Morgan fingerprint density at radius 1 is 0.519 bits per heavy atom. The van der Waals surface area contributed by atoms with Gasteiger partial charge in [-0.05, 0) is 71.3 Å². The lowest BCUT2D eigenvalue weighted by Crippen LogP contribution is -2.26. The molecule has 30 nitrogen and oxygen atoms in total. The second-order valence-corrected chi connectivity index (χ2v) is 24.2. The maximum absolute atomic E-state index is 11.5. The molecule has 0 bridgehead atoms. The second kappa shape index (κ2) is 58.9. The van der Waals surface area contributed by atoms with Crippen molar-refractivity contribution < 1.29 is 145 Å². The molecule has 106 heavy (non-hydrogen) atoms. The predicted octanol–water partition coefficient (Wildman–Crippen LogP) is 5.32. The summed E-state index contributed by atoms with van der Waals surface area (Å²) in [4.78, 5) is 66.3. The first-order chi connectivity index (χ1) is 50.8. The van der Waals surface area contributed by atoms with Crippen molar-refractivity contribution >= 4 is 36.1 Å². The van der Waals surface area contributed by atoms with E-state index < -0.39 is 24.0 Å². The smallest absolute Gasteiger partial charge is 0.333 e. The zero-order valence-corrected chi connectivity index (χ0v) is 64.7. The number of hydrogen-bond acceptors (Lipinski definition) is 30. The molecule has 0 radical (unpaired) electrons. The lowest BCUT2D eigenvalue weighted by Gasteiger charge is -2.16. The Labute approximate surface area is 626 Å². The average molecular weight is 1520 g/mol. The fourth-order valence-electron chi connectivity index (χ4n) is 9.79. The van der Waals surface area contributed by atoms with Gasteiger partial charge in [0.25, 0.3) is 0 Å². The highest BCUT2D eigenvalue weighted by atomic mass is 16.7. The number of carbonyl (C=O) groups is 6. The van der Waals surface area contributed by atoms with Gasteiger partial charge < -0.3 is 121 Å². The van der Waals surface area contributed by atoms with Crippen LogP contribution >= 0.6 is 0 Å². The minimum Gasteiger partial charge on any atom is -0.466 e. The quantitative estimate of drug-likeness (QED) is 0.00660. The molecule has 8 aliphatic rings. The van der Waals surface area contributed by atoms with Crippen molar-refractivity contribution in [3.05, 3.63) is 84.6 Å². The minimum atomic E-state index is -0.646. The molecule has 6 N–H and O–H groups in total. The number of aldehydes is 1. The maximum Gasteiger partial charge on any atom is 0.333 e. The molecule has 0 aromatic carbocycles. The van der Waals surface area contributed by atoms with Gasteiger partial charge in [-0.25, -0.2) is 24.0 Å². The molecule has 0 aromatic heterocycles. The lowest BCUT2D eigenvalue weighted by atomic mass is 9.90. The first kappa shape index (κ1) is 100. The number of epoxide rings is 7. The molecule has 7 fully saturated rings. The molecule has 1 aliphatic carbocycles. The van der Waals surface area contributed by atoms with Gasteiger partial charge in [-0.1, -0.05) is 98.1 Å². The Bertz CT molecular complexity index is 2580. The summed E-state index contributed by atoms with van der Waals surface area (Å²) in [7, 11) is 7.29. The van der Waals surface area contributed by atoms with Crippen LogP contribution in [-0.2, 0) is 114 Å². The summed E-state index contributed by atoms with van der Waals surface area (Å²) < 4.78 is 90.9. The van der Waals surface area contributed by atoms with E-state index in [0.29, 0.717) is 79.5 Å². The van der Waals surface area contributed by atoms with Crippen LogP contribution in [0.4, 0.5) is 0 Å². The van der Waals surface area contributed by atoms with E-state index in [9.17, 15) is 33.9 Å². The molecule has 0 amide bonds. The predicted molar refractivity (Wildman–Crippen MR) is 388 cm³/mol. The largest absolute Gasteiger partial charge is 0.466 e. The van der Waals surface area contributed by atoms with E-state index in [-0.39, 0.29) is 163 Å². The monoisotopic (exact) mass is 1520 g/mol. The third kappa shape index (κ3) is 42.7. The summed E-state index contributed by atoms with van der Waals surface area (Å²) in [6, 6.07) is 0. The van der Waals surface area contributed by atoms with Gasteiger partial charge in [0.2, 0.25) is 0 Å². The number of aliphatic hydroxyl groups is 6. The summed E-state index contributed by atoms with van der Waals surface area (Å²) in [6.07, 6.45) is 20.5. The van der Waals surface area contributed by atoms with Gasteiger partial charge in [-0.15, -0.1) is 6.42 Å². The van der Waals surface area contributed by atoms with Crippen LogP contribution in [0.15, 0.2) is 84.6 Å². The minimum absolute atomic E-state index is 0.0144. The van der Waals surface area contributed by atoms with Gasteiger partial charge in [0.15, 0.2) is 6.29 Å². The van der Waals surface area contributed by atoms with Gasteiger partial charge in [0.05, 0.1) is 122 Å². The Morgan fingerprint density at radius 3 is 1.24 bits per heavy atom. The standard InChI is InChI=1S/C13H22O5.C12H20O6.C12H16O5.C11H18O4.C9H12O3.C5H10O2.C5H8O2.C5H10O.C4H8O2/c1-5-10-12(18-10)11(17-8-15-4)7-9(3)13(14)16-6-2;1-4-16-12(14)8(2)5-9(17-7-15-3)11-10(6-13)18-11;1-5-9-11(17-9)10(16-7-14-3)6-8(2)12(13)15-4;1-4-9-10(15-9)8(12)6-7(3)11(13)14-5-2;1-5-3-6(9(10)11-2)4-7-8(5)12-7;2*1-2-4-5(3-6)7-4;1-2-3-4-5-6;5-3-1-2-4-6/h10-12H,3,5-8H2,1-2,4H3;9-11,13H,2,4-7H2,1,3H3;1,9-11H,2,6-7H2,3-4H3;8-10,12H,3-6H2,1-2H3;4-5,7-8H,3H2,1-2H3;4-6H,2-3H2,1H3;3-5H,2H2,1H3;3-4,6H,2,5H2,1H3;1-2,5-6H,3-4H2/b;;;;;;;4-3-;2-1-/t10-,11-,12-;9-,10-,11+;9-,10-,11-;8-,9-,10+;5-,7-,8+;2*4-,5+;;/m1111111../s1. The number of carbonyl (C=O) groups excluding carboxylic acids is 6. The maximum atomic E-state index is 11.5. The van der Waals surface area contributed by atoms with Gasteiger partial charge >= 0.3 is 29.8 Å². The van der Waals surface area contributed by atoms with Crippen LogP contribution in [0.25, 0.3) is 0 Å². The first-order valence-corrected chi connectivity index (χ1v) is 35.8. The van der Waals surface area contributed by atoms with E-state index in [2.05, 4.69) is 62.5 Å². The Balaban J connectivity index is 0.00000120. The van der Waals surface area contributed by atoms with Crippen LogP contribution in [-0.4, -0.2) is 285 Å². The SMILES string of the molecule is C#C[C@H]1O[C@H]1[C@@H](CC(=C)C(=O)OC)OCOC.C=C(C[C@@H](O)[C@@H]1O[C@@H]1CC)C(=O)OCC.C=C(C[C@@H](OCOC)[C@@H]1O[C@@H]1CC)C(=O)OCC.C=C(C[C@@H](OCOC)[C@@H]1O[C@@H]1CO)C(=O)OCC.CC/C=C\CO.CC[C@H]1O[C@H]1C=O.CC[C@H]1O[C@H]1CO.COC(=O)C1=C[C@H]2O[C@H]2[C@H](C)C1.OC/C=C\CO. The van der Waals surface area contributed by atoms with Crippen LogP contribution in [0.1, 0.15) is 127 Å². The Hall–Kier alpha value is -6.00. The summed E-state index contributed by atoms with van der Waals surface area (Å²) in [6.45, 7) is 33.8. The zero-order chi connectivity index (χ0) is 80.3. The van der Waals surface area contributed by atoms with E-state index in [4.69, 9.17) is 108 Å². The second-order valence-electron chi connectivity index (χ2n) is 24.2. The summed E-state index contributed by atoms with van der Waals surface area (Å²) >= 11 is 0. The summed E-state index contributed by atoms with van der Waals surface area (Å²) in [5, 5.41) is 51.1. The number of fused-ring (bicyclic) bond motifs is 1. The topological polar surface area (TPSA) is 413 Å². The molecule has 0 saturated carbocycles. The molecular weight excluding hydrogens is 1390 g/mol. The van der Waals surface area contributed by atoms with Gasteiger partial charge in [-0.3, -0.25) is 0 Å². The van der Waals surface area contributed by atoms with Crippen molar-refractivity contribution in [2.45, 2.75) is 236 Å². The number of allylic oxidation sites excluding steroid dienone is 1. The highest BCUT2D eigenvalue weighted by Gasteiger charge is 2.49. The zero-order valence-electron chi connectivity index (χ0n) is 64.7. The number of rotatable bonds is 40. The van der Waals surface area contributed by atoms with Gasteiger partial charge in [0, 0.05) is 74.9 Å². The molecule has 8 rings (SSSR count). The number of hydrogen-bond donors (Lipinski definition) is 6. The molecule has 0 unspecified atom stereocenters. The molecule has 19 atom stereocenters. The van der Waals surface area contributed by atoms with Crippen molar-refractivity contribution in [3.63, 3.8) is 0 Å². The van der Waals surface area contributed by atoms with Crippen LogP contribution in [0.5, 0.6) is 0 Å². The van der Waals surface area contributed by atoms with Crippen molar-refractivity contribution in [2.24, 2.45) is 5.92 Å². The average Bonchev–Trinajstić information content (AvgIpc) is 1.63. The number of ether oxygens (including phenoxy) is 18. The van der Waals surface area contributed by atoms with Crippen LogP contribution in [0, 0.1) is 18.3 Å². The normalized spacial score (nSPS) is 26.0. The van der Waals surface area contributed by atoms with Gasteiger partial charge in [-0.2, -0.15) is 0 Å². The van der Waals surface area contributed by atoms with Crippen molar-refractivity contribution in [2.75, 3.05) is 109 Å². The van der Waals surface area contributed by atoms with E-state index in [1.807, 2.05) is 32.9 Å². The van der Waals surface area contributed by atoms with Crippen LogP contribution in [0.2, 0.25) is 0 Å². The fourth-order valence-corrected chi connectivity index (χ4v) is 9.79. The van der Waals surface area contributed by atoms with E-state index in [1.165, 1.54) is 40.6 Å². The van der Waals surface area contributed by atoms with Gasteiger partial charge in [0.1, 0.15) is 75.3 Å².